The molecule has 6 nitrogen and oxygen atoms in total. The predicted octanol–water partition coefficient (Wildman–Crippen LogP) is 2.88. The Morgan fingerprint density at radius 3 is 2.08 bits per heavy atom. The van der Waals surface area contributed by atoms with Crippen LogP contribution in [-0.2, 0) is 19.7 Å². The van der Waals surface area contributed by atoms with Crippen molar-refractivity contribution in [3.05, 3.63) is 54.6 Å². The van der Waals surface area contributed by atoms with E-state index in [1.54, 1.807) is 26.0 Å². The maximum atomic E-state index is 12.7. The van der Waals surface area contributed by atoms with Gasteiger partial charge in [0, 0.05) is 0 Å². The number of carbonyl (C=O) groups excluding carboxylic acids is 1. The van der Waals surface area contributed by atoms with E-state index < -0.39 is 35.1 Å². The van der Waals surface area contributed by atoms with Gasteiger partial charge in [0.25, 0.3) is 10.0 Å². The summed E-state index contributed by atoms with van der Waals surface area (Å²) in [6.07, 6.45) is -0.440. The molecule has 2 aromatic rings. The number of Topliss-reactive ketones (excluding diaryl/α,β-unsaturated/α-hetero) is 1. The van der Waals surface area contributed by atoms with Crippen molar-refractivity contribution in [2.75, 3.05) is 13.2 Å². The molecule has 0 saturated carbocycles. The molecule has 0 fully saturated rings. The number of hydroxylamine groups is 1. The molecule has 7 heteroatoms. The first kappa shape index (κ1) is 22.0. The summed E-state index contributed by atoms with van der Waals surface area (Å²) in [6.45, 7) is 2.02. The van der Waals surface area contributed by atoms with Gasteiger partial charge in [-0.1, -0.05) is 54.4 Å². The lowest BCUT2D eigenvalue weighted by Gasteiger charge is -2.22. The maximum absolute atomic E-state index is 12.7. The number of hydrogen-bond acceptors (Lipinski definition) is 5. The minimum Gasteiger partial charge on any atom is -0.389 e. The fourth-order valence-electron chi connectivity index (χ4n) is 2.18. The van der Waals surface area contributed by atoms with Gasteiger partial charge >= 0.3 is 0 Å². The van der Waals surface area contributed by atoms with Gasteiger partial charge in [-0.2, -0.15) is 0 Å². The Kier molecular flexibility index (Phi) is 8.10. The largest absolute Gasteiger partial charge is 0.389 e. The summed E-state index contributed by atoms with van der Waals surface area (Å²) in [5, 5.41) is 8.89. The highest BCUT2D eigenvalue weighted by atomic mass is 32.2. The Hall–Kier alpha value is -2.06. The van der Waals surface area contributed by atoms with E-state index in [0.29, 0.717) is 4.47 Å². The molecule has 2 aromatic carbocycles. The number of hydrogen-bond donors (Lipinski definition) is 1. The number of sulfonamides is 1. The summed E-state index contributed by atoms with van der Waals surface area (Å²) < 4.78 is 26.1. The highest BCUT2D eigenvalue weighted by Gasteiger charge is 2.28. The average molecular weight is 379 g/mol. The zero-order valence-electron chi connectivity index (χ0n) is 14.1. The van der Waals surface area contributed by atoms with E-state index in [1.165, 1.54) is 12.1 Å². The van der Waals surface area contributed by atoms with Crippen LogP contribution in [-0.4, -0.2) is 43.0 Å². The monoisotopic (exact) mass is 379 g/mol. The first-order chi connectivity index (χ1) is 11.8. The van der Waals surface area contributed by atoms with Crippen molar-refractivity contribution in [3.8, 4) is 11.1 Å². The number of carbonyl (C=O) groups is 1. The van der Waals surface area contributed by atoms with Crippen molar-refractivity contribution >= 4 is 15.8 Å². The molecule has 0 unspecified atom stereocenters. The SMILES string of the molecule is C.CC(C)ON(CC(=O)CO)S(=O)(=O)c1ccc(-c2ccccc2)cc1. The fraction of sp³-hybridized carbons (Fsp3) is 0.316. The van der Waals surface area contributed by atoms with Crippen molar-refractivity contribution in [1.29, 1.82) is 0 Å². The number of benzene rings is 2. The van der Waals surface area contributed by atoms with E-state index in [0.717, 1.165) is 11.1 Å². The number of ketones is 1. The summed E-state index contributed by atoms with van der Waals surface area (Å²) in [7, 11) is -4.02. The van der Waals surface area contributed by atoms with Crippen LogP contribution in [0.15, 0.2) is 59.5 Å². The van der Waals surface area contributed by atoms with Gasteiger partial charge in [-0.25, -0.2) is 8.42 Å². The van der Waals surface area contributed by atoms with Crippen molar-refractivity contribution in [1.82, 2.24) is 4.47 Å². The molecule has 0 aliphatic carbocycles. The van der Waals surface area contributed by atoms with E-state index in [9.17, 15) is 13.2 Å². The van der Waals surface area contributed by atoms with Crippen LogP contribution in [0.5, 0.6) is 0 Å². The molecule has 26 heavy (non-hydrogen) atoms. The number of aliphatic hydroxyl groups excluding tert-OH is 1. The molecule has 0 radical (unpaired) electrons. The van der Waals surface area contributed by atoms with Crippen LogP contribution in [0, 0.1) is 0 Å². The summed E-state index contributed by atoms with van der Waals surface area (Å²) in [6, 6.07) is 15.9. The van der Waals surface area contributed by atoms with Gasteiger partial charge < -0.3 is 5.11 Å². The van der Waals surface area contributed by atoms with E-state index in [-0.39, 0.29) is 12.3 Å². The van der Waals surface area contributed by atoms with Crippen molar-refractivity contribution in [2.45, 2.75) is 32.3 Å². The molecule has 0 heterocycles. The quantitative estimate of drug-likeness (QED) is 0.713. The molecule has 1 N–H and O–H groups in total. The Morgan fingerprint density at radius 1 is 1.04 bits per heavy atom. The Labute approximate surface area is 155 Å². The topological polar surface area (TPSA) is 83.9 Å². The normalized spacial score (nSPS) is 11.4. The van der Waals surface area contributed by atoms with Crippen LogP contribution in [0.1, 0.15) is 21.3 Å². The third-order valence-electron chi connectivity index (χ3n) is 3.34. The molecule has 0 aromatic heterocycles. The molecule has 0 spiro atoms. The summed E-state index contributed by atoms with van der Waals surface area (Å²) in [4.78, 5) is 16.8. The second-order valence-electron chi connectivity index (χ2n) is 5.71. The first-order valence-electron chi connectivity index (χ1n) is 7.82. The van der Waals surface area contributed by atoms with E-state index in [4.69, 9.17) is 9.94 Å². The lowest BCUT2D eigenvalue weighted by Crippen LogP contribution is -2.38. The zero-order chi connectivity index (χ0) is 18.4. The maximum Gasteiger partial charge on any atom is 0.265 e. The average Bonchev–Trinajstić information content (AvgIpc) is 2.61. The third kappa shape index (κ3) is 5.47. The molecule has 0 atom stereocenters. The van der Waals surface area contributed by atoms with Crippen LogP contribution in [0.4, 0.5) is 0 Å². The summed E-state index contributed by atoms with van der Waals surface area (Å²) in [5.41, 5.74) is 1.85. The molecule has 142 valence electrons. The summed E-state index contributed by atoms with van der Waals surface area (Å²) in [5.74, 6) is -0.648. The second kappa shape index (κ2) is 9.59. The van der Waals surface area contributed by atoms with Gasteiger partial charge in [-0.15, -0.1) is 0 Å². The molecular formula is C19H25NO5S. The lowest BCUT2D eigenvalue weighted by molar-refractivity contribution is -0.143. The first-order valence-corrected chi connectivity index (χ1v) is 9.26. The minimum atomic E-state index is -4.02. The van der Waals surface area contributed by atoms with Crippen LogP contribution in [0.2, 0.25) is 0 Å². The second-order valence-corrected chi connectivity index (χ2v) is 7.54. The van der Waals surface area contributed by atoms with E-state index in [2.05, 4.69) is 0 Å². The van der Waals surface area contributed by atoms with Crippen LogP contribution in [0.3, 0.4) is 0 Å². The lowest BCUT2D eigenvalue weighted by atomic mass is 10.1. The number of rotatable bonds is 8. The minimum absolute atomic E-state index is 0. The molecular weight excluding hydrogens is 354 g/mol. The fourth-order valence-corrected chi connectivity index (χ4v) is 3.49. The Morgan fingerprint density at radius 2 is 1.58 bits per heavy atom. The zero-order valence-corrected chi connectivity index (χ0v) is 14.9. The third-order valence-corrected chi connectivity index (χ3v) is 4.96. The van der Waals surface area contributed by atoms with Gasteiger partial charge in [0.1, 0.15) is 13.2 Å². The van der Waals surface area contributed by atoms with Crippen LogP contribution in [0.25, 0.3) is 11.1 Å². The van der Waals surface area contributed by atoms with Gasteiger partial charge in [0.15, 0.2) is 5.78 Å². The van der Waals surface area contributed by atoms with Gasteiger partial charge in [-0.3, -0.25) is 9.63 Å². The van der Waals surface area contributed by atoms with Crippen LogP contribution < -0.4 is 0 Å². The highest BCUT2D eigenvalue weighted by molar-refractivity contribution is 7.89. The van der Waals surface area contributed by atoms with Crippen molar-refractivity contribution in [3.63, 3.8) is 0 Å². The number of nitrogens with zero attached hydrogens (tertiary/aromatic N) is 1. The molecule has 2 rings (SSSR count). The molecule has 0 aliphatic rings. The standard InChI is InChI=1S/C18H21NO5S.CH4/c1-14(2)24-19(12-17(21)13-20)25(22,23)18-10-8-16(9-11-18)15-6-4-3-5-7-15;/h3-11,14,20H,12-13H2,1-2H3;1H4. The molecule has 0 saturated heterocycles. The predicted molar refractivity (Wildman–Crippen MR) is 101 cm³/mol. The smallest absolute Gasteiger partial charge is 0.265 e. The van der Waals surface area contributed by atoms with Crippen molar-refractivity contribution in [2.24, 2.45) is 0 Å². The molecule has 0 amide bonds. The van der Waals surface area contributed by atoms with E-state index >= 15 is 0 Å². The van der Waals surface area contributed by atoms with E-state index in [1.807, 2.05) is 30.3 Å². The highest BCUT2D eigenvalue weighted by Crippen LogP contribution is 2.23. The Bertz CT molecular complexity index is 802. The molecule has 0 aliphatic heterocycles. The Balaban J connectivity index is 0.00000338. The number of aliphatic hydroxyl groups is 1. The van der Waals surface area contributed by atoms with Gasteiger partial charge in [0.2, 0.25) is 0 Å². The van der Waals surface area contributed by atoms with Gasteiger partial charge in [-0.05, 0) is 37.1 Å². The molecule has 0 bridgehead atoms. The van der Waals surface area contributed by atoms with Crippen molar-refractivity contribution < 1.29 is 23.2 Å². The van der Waals surface area contributed by atoms with Crippen LogP contribution >= 0.6 is 0 Å². The summed E-state index contributed by atoms with van der Waals surface area (Å²) >= 11 is 0. The van der Waals surface area contributed by atoms with Gasteiger partial charge in [0.05, 0.1) is 11.0 Å².